The standard InChI is InChI=1S/C17H16BrFO/c1-11-3-4-12(2)13(9-11)6-8-17(20)14-5-7-15(18)16(19)10-14/h3-5,7,9-10H,6,8H2,1-2H3. The maximum Gasteiger partial charge on any atom is 0.163 e. The zero-order valence-corrected chi connectivity index (χ0v) is 13.1. The zero-order valence-electron chi connectivity index (χ0n) is 11.5. The van der Waals surface area contributed by atoms with E-state index in [0.717, 1.165) is 0 Å². The first-order valence-electron chi connectivity index (χ1n) is 6.52. The normalized spacial score (nSPS) is 10.6. The molecule has 0 bridgehead atoms. The van der Waals surface area contributed by atoms with Crippen LogP contribution in [0.3, 0.4) is 0 Å². The molecule has 0 saturated carbocycles. The van der Waals surface area contributed by atoms with Gasteiger partial charge in [-0.05, 0) is 59.5 Å². The van der Waals surface area contributed by atoms with Gasteiger partial charge in [0.1, 0.15) is 5.82 Å². The molecule has 2 rings (SSSR count). The summed E-state index contributed by atoms with van der Waals surface area (Å²) < 4.78 is 13.8. The van der Waals surface area contributed by atoms with Gasteiger partial charge in [0.25, 0.3) is 0 Å². The molecule has 20 heavy (non-hydrogen) atoms. The van der Waals surface area contributed by atoms with Gasteiger partial charge in [-0.2, -0.15) is 0 Å². The van der Waals surface area contributed by atoms with E-state index in [1.807, 2.05) is 13.8 Å². The van der Waals surface area contributed by atoms with Gasteiger partial charge in [0.2, 0.25) is 0 Å². The molecule has 2 aromatic carbocycles. The van der Waals surface area contributed by atoms with E-state index in [2.05, 4.69) is 34.1 Å². The van der Waals surface area contributed by atoms with E-state index in [-0.39, 0.29) is 5.78 Å². The van der Waals surface area contributed by atoms with Crippen molar-refractivity contribution < 1.29 is 9.18 Å². The molecule has 0 atom stereocenters. The number of carbonyl (C=O) groups excluding carboxylic acids is 1. The van der Waals surface area contributed by atoms with Gasteiger partial charge in [-0.15, -0.1) is 0 Å². The SMILES string of the molecule is Cc1ccc(C)c(CCC(=O)c2ccc(Br)c(F)c2)c1. The lowest BCUT2D eigenvalue weighted by molar-refractivity contribution is 0.0982. The highest BCUT2D eigenvalue weighted by molar-refractivity contribution is 9.10. The van der Waals surface area contributed by atoms with E-state index in [1.54, 1.807) is 12.1 Å². The maximum absolute atomic E-state index is 13.4. The largest absolute Gasteiger partial charge is 0.294 e. The number of hydrogen-bond donors (Lipinski definition) is 0. The summed E-state index contributed by atoms with van der Waals surface area (Å²) in [5.74, 6) is -0.431. The lowest BCUT2D eigenvalue weighted by Gasteiger charge is -2.07. The molecule has 2 aromatic rings. The quantitative estimate of drug-likeness (QED) is 0.717. The molecule has 0 aliphatic rings. The van der Waals surface area contributed by atoms with Crippen molar-refractivity contribution in [1.29, 1.82) is 0 Å². The van der Waals surface area contributed by atoms with Crippen LogP contribution < -0.4 is 0 Å². The van der Waals surface area contributed by atoms with Gasteiger partial charge in [-0.3, -0.25) is 4.79 Å². The van der Waals surface area contributed by atoms with Crippen LogP contribution >= 0.6 is 15.9 Å². The molecule has 0 heterocycles. The van der Waals surface area contributed by atoms with Crippen LogP contribution in [-0.2, 0) is 6.42 Å². The van der Waals surface area contributed by atoms with Crippen LogP contribution in [0.25, 0.3) is 0 Å². The molecular weight excluding hydrogens is 319 g/mol. The predicted octanol–water partition coefficient (Wildman–Crippen LogP) is 5.02. The van der Waals surface area contributed by atoms with Gasteiger partial charge < -0.3 is 0 Å². The van der Waals surface area contributed by atoms with Crippen LogP contribution in [0.15, 0.2) is 40.9 Å². The molecule has 0 radical (unpaired) electrons. The number of Topliss-reactive ketones (excluding diaryl/α,β-unsaturated/α-hetero) is 1. The summed E-state index contributed by atoms with van der Waals surface area (Å²) >= 11 is 3.09. The highest BCUT2D eigenvalue weighted by atomic mass is 79.9. The molecule has 0 amide bonds. The number of halogens is 2. The Hall–Kier alpha value is -1.48. The molecule has 1 nitrogen and oxygen atoms in total. The maximum atomic E-state index is 13.4. The first-order chi connectivity index (χ1) is 9.47. The Morgan fingerprint density at radius 3 is 2.60 bits per heavy atom. The first-order valence-corrected chi connectivity index (χ1v) is 7.31. The molecule has 0 fully saturated rings. The molecule has 0 saturated heterocycles. The summed E-state index contributed by atoms with van der Waals surface area (Å²) in [5, 5.41) is 0. The Bertz CT molecular complexity index is 649. The van der Waals surface area contributed by atoms with Crippen LogP contribution in [0.2, 0.25) is 0 Å². The third-order valence-electron chi connectivity index (χ3n) is 3.37. The Morgan fingerprint density at radius 2 is 1.90 bits per heavy atom. The van der Waals surface area contributed by atoms with Crippen molar-refractivity contribution in [2.45, 2.75) is 26.7 Å². The summed E-state index contributed by atoms with van der Waals surface area (Å²) in [5.41, 5.74) is 3.98. The average Bonchev–Trinajstić information content (AvgIpc) is 2.42. The topological polar surface area (TPSA) is 17.1 Å². The fourth-order valence-corrected chi connectivity index (χ4v) is 2.38. The molecule has 0 aromatic heterocycles. The predicted molar refractivity (Wildman–Crippen MR) is 82.7 cm³/mol. The second-order valence-corrected chi connectivity index (χ2v) is 5.84. The van der Waals surface area contributed by atoms with Crippen molar-refractivity contribution in [3.8, 4) is 0 Å². The van der Waals surface area contributed by atoms with Crippen molar-refractivity contribution in [3.63, 3.8) is 0 Å². The minimum Gasteiger partial charge on any atom is -0.294 e. The van der Waals surface area contributed by atoms with Crippen molar-refractivity contribution in [2.24, 2.45) is 0 Å². The van der Waals surface area contributed by atoms with E-state index in [4.69, 9.17) is 0 Å². The molecule has 0 aliphatic carbocycles. The van der Waals surface area contributed by atoms with Gasteiger partial charge in [0.15, 0.2) is 5.78 Å². The smallest absolute Gasteiger partial charge is 0.163 e. The second kappa shape index (κ2) is 6.31. The van der Waals surface area contributed by atoms with Crippen molar-refractivity contribution in [3.05, 3.63) is 68.9 Å². The van der Waals surface area contributed by atoms with E-state index < -0.39 is 5.82 Å². The van der Waals surface area contributed by atoms with E-state index in [9.17, 15) is 9.18 Å². The monoisotopic (exact) mass is 334 g/mol. The number of hydrogen-bond acceptors (Lipinski definition) is 1. The molecule has 0 unspecified atom stereocenters. The van der Waals surface area contributed by atoms with Crippen molar-refractivity contribution in [1.82, 2.24) is 0 Å². The van der Waals surface area contributed by atoms with Gasteiger partial charge in [-0.25, -0.2) is 4.39 Å². The van der Waals surface area contributed by atoms with E-state index in [1.165, 1.54) is 22.8 Å². The van der Waals surface area contributed by atoms with Crippen LogP contribution in [0.4, 0.5) is 4.39 Å². The molecule has 104 valence electrons. The fourth-order valence-electron chi connectivity index (χ4n) is 2.13. The fraction of sp³-hybridized carbons (Fsp3) is 0.235. The highest BCUT2D eigenvalue weighted by Gasteiger charge is 2.10. The lowest BCUT2D eigenvalue weighted by Crippen LogP contribution is -2.03. The van der Waals surface area contributed by atoms with Gasteiger partial charge in [0, 0.05) is 12.0 Å². The van der Waals surface area contributed by atoms with Crippen LogP contribution in [0.5, 0.6) is 0 Å². The van der Waals surface area contributed by atoms with Gasteiger partial charge in [-0.1, -0.05) is 29.8 Å². The number of rotatable bonds is 4. The Kier molecular flexibility index (Phi) is 4.71. The number of benzene rings is 2. The summed E-state index contributed by atoms with van der Waals surface area (Å²) in [4.78, 5) is 12.1. The molecule has 3 heteroatoms. The van der Waals surface area contributed by atoms with Crippen LogP contribution in [-0.4, -0.2) is 5.78 Å². The third-order valence-corrected chi connectivity index (χ3v) is 4.01. The summed E-state index contributed by atoms with van der Waals surface area (Å²) in [6.45, 7) is 4.08. The molecular formula is C17H16BrFO. The Labute approximate surface area is 127 Å². The van der Waals surface area contributed by atoms with E-state index in [0.29, 0.717) is 22.9 Å². The molecule has 0 N–H and O–H groups in total. The third kappa shape index (κ3) is 3.54. The number of aryl methyl sites for hydroxylation is 3. The molecule has 0 aliphatic heterocycles. The first kappa shape index (κ1) is 14.9. The minimum absolute atomic E-state index is 0.0303. The lowest BCUT2D eigenvalue weighted by atomic mass is 9.98. The second-order valence-electron chi connectivity index (χ2n) is 4.98. The van der Waals surface area contributed by atoms with Crippen LogP contribution in [0.1, 0.15) is 33.5 Å². The highest BCUT2D eigenvalue weighted by Crippen LogP contribution is 2.19. The Morgan fingerprint density at radius 1 is 1.15 bits per heavy atom. The summed E-state index contributed by atoms with van der Waals surface area (Å²) in [6, 6.07) is 10.7. The minimum atomic E-state index is -0.400. The Balaban J connectivity index is 2.08. The summed E-state index contributed by atoms with van der Waals surface area (Å²) in [7, 11) is 0. The average molecular weight is 335 g/mol. The van der Waals surface area contributed by atoms with E-state index >= 15 is 0 Å². The molecule has 0 spiro atoms. The number of carbonyl (C=O) groups is 1. The zero-order chi connectivity index (χ0) is 14.7. The van der Waals surface area contributed by atoms with Crippen molar-refractivity contribution in [2.75, 3.05) is 0 Å². The van der Waals surface area contributed by atoms with Crippen LogP contribution in [0, 0.1) is 19.7 Å². The van der Waals surface area contributed by atoms with Gasteiger partial charge in [0.05, 0.1) is 4.47 Å². The number of ketones is 1. The van der Waals surface area contributed by atoms with Gasteiger partial charge >= 0.3 is 0 Å². The summed E-state index contributed by atoms with van der Waals surface area (Å²) in [6.07, 6.45) is 1.08. The van der Waals surface area contributed by atoms with Crippen molar-refractivity contribution >= 4 is 21.7 Å².